The van der Waals surface area contributed by atoms with E-state index in [1.54, 1.807) is 6.92 Å². The maximum atomic E-state index is 14.4. The highest BCUT2D eigenvalue weighted by Gasteiger charge is 2.38. The summed E-state index contributed by atoms with van der Waals surface area (Å²) in [6, 6.07) is 5.21. The Balaban J connectivity index is 1.95. The molecule has 0 fully saturated rings. The van der Waals surface area contributed by atoms with Crippen LogP contribution < -0.4 is 15.2 Å². The molecule has 1 atom stereocenters. The van der Waals surface area contributed by atoms with Crippen LogP contribution in [-0.4, -0.2) is 36.7 Å². The van der Waals surface area contributed by atoms with Gasteiger partial charge >= 0.3 is 11.9 Å². The maximum absolute atomic E-state index is 14.4. The topological polar surface area (TPSA) is 91.4 Å². The molecule has 0 radical (unpaired) electrons. The van der Waals surface area contributed by atoms with Crippen molar-refractivity contribution < 1.29 is 36.5 Å². The number of rotatable bonds is 7. The second kappa shape index (κ2) is 9.98. The first-order valence-electron chi connectivity index (χ1n) is 10.7. The first-order chi connectivity index (χ1) is 17.4. The largest absolute Gasteiger partial charge is 0.480 e. The van der Waals surface area contributed by atoms with Gasteiger partial charge in [-0.3, -0.25) is 4.57 Å². The summed E-state index contributed by atoms with van der Waals surface area (Å²) in [5.74, 6) is -3.50. The van der Waals surface area contributed by atoms with Gasteiger partial charge in [0.2, 0.25) is 5.88 Å². The number of ether oxygens (including phenoxy) is 2. The fraction of sp³-hybridized carbons (Fsp3) is 0.261. The van der Waals surface area contributed by atoms with Gasteiger partial charge in [0.15, 0.2) is 23.5 Å². The average molecular weight is 545 g/mol. The zero-order valence-electron chi connectivity index (χ0n) is 19.2. The van der Waals surface area contributed by atoms with Crippen molar-refractivity contribution in [1.29, 1.82) is 0 Å². The molecule has 0 bridgehead atoms. The van der Waals surface area contributed by atoms with Gasteiger partial charge in [-0.2, -0.15) is 17.9 Å². The lowest BCUT2D eigenvalue weighted by Crippen LogP contribution is -2.31. The number of nitrogens with zero attached hydrogens (tertiary/aromatic N) is 4. The first kappa shape index (κ1) is 26.4. The minimum absolute atomic E-state index is 0.0203. The van der Waals surface area contributed by atoms with E-state index in [1.165, 1.54) is 22.9 Å². The van der Waals surface area contributed by atoms with Gasteiger partial charge in [-0.15, -0.1) is 5.10 Å². The minimum atomic E-state index is -4.76. The average Bonchev–Trinajstić information content (AvgIpc) is 3.15. The molecule has 1 unspecified atom stereocenters. The number of hydrogen-bond donors (Lipinski definition) is 1. The van der Waals surface area contributed by atoms with Gasteiger partial charge in [-0.25, -0.2) is 18.6 Å². The van der Waals surface area contributed by atoms with E-state index in [9.17, 15) is 31.9 Å². The Kier molecular flexibility index (Phi) is 7.11. The Morgan fingerprint density at radius 1 is 1.19 bits per heavy atom. The summed E-state index contributed by atoms with van der Waals surface area (Å²) in [7, 11) is 0. The van der Waals surface area contributed by atoms with E-state index >= 15 is 0 Å². The quantitative estimate of drug-likeness (QED) is 0.324. The summed E-state index contributed by atoms with van der Waals surface area (Å²) in [5.41, 5.74) is -0.627. The van der Waals surface area contributed by atoms with Crippen molar-refractivity contribution >= 4 is 22.4 Å². The smallest absolute Gasteiger partial charge is 0.425 e. The second-order valence-electron chi connectivity index (χ2n) is 7.77. The Labute approximate surface area is 210 Å². The Morgan fingerprint density at radius 3 is 2.51 bits per heavy atom. The lowest BCUT2D eigenvalue weighted by molar-refractivity contribution is -0.189. The molecule has 4 aromatic rings. The summed E-state index contributed by atoms with van der Waals surface area (Å²) in [6.45, 7) is 2.06. The normalized spacial score (nSPS) is 12.7. The fourth-order valence-electron chi connectivity index (χ4n) is 3.54. The zero-order valence-corrected chi connectivity index (χ0v) is 19.9. The van der Waals surface area contributed by atoms with Gasteiger partial charge in [0.1, 0.15) is 18.2 Å². The summed E-state index contributed by atoms with van der Waals surface area (Å²) in [5, 5.41) is 13.2. The van der Waals surface area contributed by atoms with E-state index in [2.05, 4.69) is 10.1 Å². The van der Waals surface area contributed by atoms with Crippen LogP contribution in [0.2, 0.25) is 5.02 Å². The highest BCUT2D eigenvalue weighted by atomic mass is 35.5. The van der Waals surface area contributed by atoms with Crippen LogP contribution in [0, 0.1) is 11.6 Å². The van der Waals surface area contributed by atoms with E-state index in [-0.39, 0.29) is 34.7 Å². The molecule has 2 heterocycles. The van der Waals surface area contributed by atoms with Crippen LogP contribution in [0.25, 0.3) is 16.5 Å². The molecular weight excluding hydrogens is 527 g/mol. The van der Waals surface area contributed by atoms with Crippen LogP contribution in [0.15, 0.2) is 41.3 Å². The third-order valence-electron chi connectivity index (χ3n) is 5.34. The summed E-state index contributed by atoms with van der Waals surface area (Å²) in [4.78, 5) is 16.8. The van der Waals surface area contributed by atoms with Gasteiger partial charge in [-0.05, 0) is 37.4 Å². The molecule has 196 valence electrons. The molecule has 2 aromatic heterocycles. The SMILES string of the molecule is CCn1c(CO)nn(-c2cc(OC(C)C(F)(F)F)c3c(Oc4c(F)cc(F)cc4Cl)nccc3c2)c1=O. The predicted molar refractivity (Wildman–Crippen MR) is 122 cm³/mol. The van der Waals surface area contributed by atoms with E-state index in [1.807, 2.05) is 0 Å². The van der Waals surface area contributed by atoms with E-state index in [0.29, 0.717) is 6.07 Å². The number of benzene rings is 2. The molecule has 0 amide bonds. The van der Waals surface area contributed by atoms with Crippen molar-refractivity contribution in [2.24, 2.45) is 0 Å². The molecule has 0 saturated heterocycles. The fourth-order valence-corrected chi connectivity index (χ4v) is 3.78. The summed E-state index contributed by atoms with van der Waals surface area (Å²) in [6.07, 6.45) is -5.84. The molecule has 0 aliphatic rings. The third kappa shape index (κ3) is 5.09. The van der Waals surface area contributed by atoms with Crippen molar-refractivity contribution in [2.75, 3.05) is 0 Å². The molecule has 0 saturated carbocycles. The lowest BCUT2D eigenvalue weighted by Gasteiger charge is -2.20. The van der Waals surface area contributed by atoms with E-state index in [0.717, 1.165) is 23.7 Å². The number of pyridine rings is 1. The molecule has 0 aliphatic heterocycles. The molecule has 37 heavy (non-hydrogen) atoms. The Hall–Kier alpha value is -3.71. The molecule has 0 aliphatic carbocycles. The van der Waals surface area contributed by atoms with Gasteiger partial charge in [-0.1, -0.05) is 11.6 Å². The lowest BCUT2D eigenvalue weighted by atomic mass is 10.1. The van der Waals surface area contributed by atoms with Crippen LogP contribution in [0.4, 0.5) is 22.0 Å². The number of aliphatic hydroxyl groups is 1. The van der Waals surface area contributed by atoms with E-state index in [4.69, 9.17) is 21.1 Å². The first-order valence-corrected chi connectivity index (χ1v) is 11.1. The molecule has 4 rings (SSSR count). The van der Waals surface area contributed by atoms with Gasteiger partial charge in [0, 0.05) is 24.9 Å². The van der Waals surface area contributed by atoms with E-state index < -0.39 is 52.7 Å². The predicted octanol–water partition coefficient (Wildman–Crippen LogP) is 5.15. The summed E-state index contributed by atoms with van der Waals surface area (Å²) >= 11 is 5.91. The highest BCUT2D eigenvalue weighted by Crippen LogP contribution is 2.40. The Morgan fingerprint density at radius 2 is 1.92 bits per heavy atom. The van der Waals surface area contributed by atoms with Crippen LogP contribution in [-0.2, 0) is 13.2 Å². The van der Waals surface area contributed by atoms with Crippen LogP contribution in [0.1, 0.15) is 19.7 Å². The molecule has 2 aromatic carbocycles. The van der Waals surface area contributed by atoms with Gasteiger partial charge < -0.3 is 14.6 Å². The zero-order chi connectivity index (χ0) is 27.1. The van der Waals surface area contributed by atoms with Crippen molar-refractivity contribution in [2.45, 2.75) is 39.3 Å². The monoisotopic (exact) mass is 544 g/mol. The number of halogens is 6. The minimum Gasteiger partial charge on any atom is -0.480 e. The number of aromatic nitrogens is 4. The van der Waals surface area contributed by atoms with Crippen LogP contribution >= 0.6 is 11.6 Å². The van der Waals surface area contributed by atoms with Crippen molar-refractivity contribution in [3.05, 3.63) is 69.5 Å². The molecule has 14 heteroatoms. The second-order valence-corrected chi connectivity index (χ2v) is 8.18. The number of fused-ring (bicyclic) bond motifs is 1. The number of alkyl halides is 3. The summed E-state index contributed by atoms with van der Waals surface area (Å²) < 4.78 is 80.8. The van der Waals surface area contributed by atoms with Crippen molar-refractivity contribution in [3.63, 3.8) is 0 Å². The van der Waals surface area contributed by atoms with Crippen molar-refractivity contribution in [1.82, 2.24) is 19.3 Å². The van der Waals surface area contributed by atoms with Crippen LogP contribution in [0.3, 0.4) is 0 Å². The number of aliphatic hydroxyl groups excluding tert-OH is 1. The number of hydrogen-bond acceptors (Lipinski definition) is 6. The standard InChI is InChI=1S/C23H18ClF5N4O4/c1-3-32-18(10-34)31-33(22(32)35)14-6-12-4-5-30-21(37-20-15(24)7-13(25)8-16(20)26)19(12)17(9-14)36-11(2)23(27,28)29/h4-9,11,34H,3,10H2,1-2H3. The molecule has 1 N–H and O–H groups in total. The van der Waals surface area contributed by atoms with Crippen molar-refractivity contribution in [3.8, 4) is 23.1 Å². The van der Waals surface area contributed by atoms with Gasteiger partial charge in [0.25, 0.3) is 0 Å². The highest BCUT2D eigenvalue weighted by molar-refractivity contribution is 6.32. The van der Waals surface area contributed by atoms with Crippen LogP contribution in [0.5, 0.6) is 17.4 Å². The molecule has 0 spiro atoms. The third-order valence-corrected chi connectivity index (χ3v) is 5.63. The maximum Gasteiger partial charge on any atom is 0.425 e. The Bertz CT molecular complexity index is 1510. The molecule has 8 nitrogen and oxygen atoms in total. The van der Waals surface area contributed by atoms with Gasteiger partial charge in [0.05, 0.1) is 16.1 Å². The molecular formula is C23H18ClF5N4O4.